The van der Waals surface area contributed by atoms with E-state index in [1.165, 1.54) is 4.90 Å². The lowest BCUT2D eigenvalue weighted by Crippen LogP contribution is -2.51. The molecule has 2 amide bonds. The molecule has 0 bridgehead atoms. The molecule has 0 aromatic heterocycles. The number of sulfonamides is 1. The van der Waals surface area contributed by atoms with Crippen LogP contribution >= 0.6 is 23.2 Å². The van der Waals surface area contributed by atoms with Crippen LogP contribution in [-0.2, 0) is 31.6 Å². The number of carbonyl (C=O) groups is 2. The van der Waals surface area contributed by atoms with Crippen LogP contribution in [0.15, 0.2) is 42.5 Å². The van der Waals surface area contributed by atoms with Crippen LogP contribution in [0.25, 0.3) is 0 Å². The SMILES string of the molecule is CCCCNC(=O)[C@H](C)N(Cc1ccc(Cl)cc1Cl)C(=O)CN(c1ccc(C(C)(C)C)cc1)S(C)(=O)=O. The van der Waals surface area contributed by atoms with E-state index in [1.54, 1.807) is 37.3 Å². The third-order valence-electron chi connectivity index (χ3n) is 6.05. The highest BCUT2D eigenvalue weighted by atomic mass is 35.5. The molecule has 0 aliphatic rings. The normalized spacial score (nSPS) is 12.6. The first-order valence-electron chi connectivity index (χ1n) is 12.2. The lowest BCUT2D eigenvalue weighted by Gasteiger charge is -2.32. The molecular formula is C27H37Cl2N3O4S. The standard InChI is InChI=1S/C27H37Cl2N3O4S/c1-7-8-15-30-26(34)19(2)31(17-20-9-12-22(28)16-24(20)29)25(33)18-32(37(6,35)36)23-13-10-21(11-14-23)27(3,4)5/h9-14,16,19H,7-8,15,17-18H2,1-6H3,(H,30,34)/t19-/m0/s1. The molecule has 0 aliphatic carbocycles. The van der Waals surface area contributed by atoms with Gasteiger partial charge in [0.15, 0.2) is 0 Å². The largest absolute Gasteiger partial charge is 0.354 e. The summed E-state index contributed by atoms with van der Waals surface area (Å²) < 4.78 is 26.5. The molecule has 0 aliphatic heterocycles. The van der Waals surface area contributed by atoms with Crippen molar-refractivity contribution in [3.8, 4) is 0 Å². The summed E-state index contributed by atoms with van der Waals surface area (Å²) in [6.45, 7) is 9.85. The molecule has 2 rings (SSSR count). The fourth-order valence-electron chi connectivity index (χ4n) is 3.69. The van der Waals surface area contributed by atoms with Gasteiger partial charge in [0.1, 0.15) is 12.6 Å². The molecule has 204 valence electrons. The Morgan fingerprint density at radius 3 is 2.19 bits per heavy atom. The van der Waals surface area contributed by atoms with Crippen LogP contribution < -0.4 is 9.62 Å². The first-order chi connectivity index (χ1) is 17.1. The van der Waals surface area contributed by atoms with Crippen molar-refractivity contribution >= 4 is 50.7 Å². The van der Waals surface area contributed by atoms with Crippen LogP contribution in [-0.4, -0.2) is 50.5 Å². The predicted octanol–water partition coefficient (Wildman–Crippen LogP) is 5.39. The maximum Gasteiger partial charge on any atom is 0.244 e. The fraction of sp³-hybridized carbons (Fsp3) is 0.481. The molecule has 0 saturated heterocycles. The Kier molecular flexibility index (Phi) is 10.9. The second-order valence-electron chi connectivity index (χ2n) is 10.1. The molecule has 0 fully saturated rings. The summed E-state index contributed by atoms with van der Waals surface area (Å²) in [7, 11) is -3.80. The Morgan fingerprint density at radius 2 is 1.68 bits per heavy atom. The third kappa shape index (κ3) is 8.90. The number of unbranched alkanes of at least 4 members (excludes halogenated alkanes) is 1. The monoisotopic (exact) mass is 569 g/mol. The summed E-state index contributed by atoms with van der Waals surface area (Å²) in [4.78, 5) is 27.9. The zero-order chi connectivity index (χ0) is 28.0. The van der Waals surface area contributed by atoms with Gasteiger partial charge in [0.05, 0.1) is 11.9 Å². The predicted molar refractivity (Wildman–Crippen MR) is 152 cm³/mol. The van der Waals surface area contributed by atoms with Gasteiger partial charge in [0.25, 0.3) is 0 Å². The summed E-state index contributed by atoms with van der Waals surface area (Å²) >= 11 is 12.4. The summed E-state index contributed by atoms with van der Waals surface area (Å²) in [5, 5.41) is 3.64. The first kappa shape index (κ1) is 30.9. The maximum atomic E-state index is 13.6. The van der Waals surface area contributed by atoms with Gasteiger partial charge in [-0.1, -0.05) is 75.5 Å². The topological polar surface area (TPSA) is 86.8 Å². The maximum absolute atomic E-state index is 13.6. The second-order valence-corrected chi connectivity index (χ2v) is 12.9. The molecule has 0 unspecified atom stereocenters. The van der Waals surface area contributed by atoms with E-state index >= 15 is 0 Å². The van der Waals surface area contributed by atoms with Gasteiger partial charge in [0.2, 0.25) is 21.8 Å². The molecule has 0 radical (unpaired) electrons. The van der Waals surface area contributed by atoms with E-state index in [0.29, 0.717) is 27.8 Å². The molecule has 2 aromatic carbocycles. The number of halogens is 2. The lowest BCUT2D eigenvalue weighted by molar-refractivity contribution is -0.139. The molecule has 1 N–H and O–H groups in total. The molecule has 0 heterocycles. The van der Waals surface area contributed by atoms with Crippen molar-refractivity contribution in [2.45, 2.75) is 65.5 Å². The summed E-state index contributed by atoms with van der Waals surface area (Å²) in [6.07, 6.45) is 2.77. The molecule has 37 heavy (non-hydrogen) atoms. The number of carbonyl (C=O) groups excluding carboxylic acids is 2. The molecule has 1 atom stereocenters. The minimum Gasteiger partial charge on any atom is -0.354 e. The smallest absolute Gasteiger partial charge is 0.244 e. The number of amides is 2. The van der Waals surface area contributed by atoms with Crippen LogP contribution in [0, 0.1) is 0 Å². The number of hydrogen-bond acceptors (Lipinski definition) is 4. The molecule has 7 nitrogen and oxygen atoms in total. The van der Waals surface area contributed by atoms with Crippen molar-refractivity contribution in [2.24, 2.45) is 0 Å². The van der Waals surface area contributed by atoms with Gasteiger partial charge in [-0.25, -0.2) is 8.42 Å². The Balaban J connectivity index is 2.40. The van der Waals surface area contributed by atoms with Crippen LogP contribution in [0.1, 0.15) is 58.6 Å². The van der Waals surface area contributed by atoms with Gasteiger partial charge < -0.3 is 10.2 Å². The number of nitrogens with zero attached hydrogens (tertiary/aromatic N) is 2. The van der Waals surface area contributed by atoms with Gasteiger partial charge in [-0.2, -0.15) is 0 Å². The van der Waals surface area contributed by atoms with Crippen molar-refractivity contribution in [1.82, 2.24) is 10.2 Å². The summed E-state index contributed by atoms with van der Waals surface area (Å²) in [6, 6.07) is 11.1. The molecule has 10 heteroatoms. The van der Waals surface area contributed by atoms with Crippen LogP contribution in [0.3, 0.4) is 0 Å². The third-order valence-corrected chi connectivity index (χ3v) is 7.78. The second kappa shape index (κ2) is 13.0. The molecular weight excluding hydrogens is 533 g/mol. The molecule has 0 saturated carbocycles. The number of anilines is 1. The minimum absolute atomic E-state index is 0.0117. The Hall–Kier alpha value is -2.29. The average molecular weight is 571 g/mol. The fourth-order valence-corrected chi connectivity index (χ4v) is 5.01. The zero-order valence-corrected chi connectivity index (χ0v) is 24.7. The first-order valence-corrected chi connectivity index (χ1v) is 14.8. The van der Waals surface area contributed by atoms with Crippen molar-refractivity contribution in [3.63, 3.8) is 0 Å². The van der Waals surface area contributed by atoms with Gasteiger partial charge >= 0.3 is 0 Å². The van der Waals surface area contributed by atoms with E-state index in [9.17, 15) is 18.0 Å². The van der Waals surface area contributed by atoms with Crippen molar-refractivity contribution < 1.29 is 18.0 Å². The van der Waals surface area contributed by atoms with Crippen molar-refractivity contribution in [2.75, 3.05) is 23.7 Å². The van der Waals surface area contributed by atoms with E-state index in [4.69, 9.17) is 23.2 Å². The summed E-state index contributed by atoms with van der Waals surface area (Å²) in [5.74, 6) is -0.859. The van der Waals surface area contributed by atoms with Crippen molar-refractivity contribution in [1.29, 1.82) is 0 Å². The van der Waals surface area contributed by atoms with E-state index in [-0.39, 0.29) is 17.9 Å². The highest BCUT2D eigenvalue weighted by molar-refractivity contribution is 7.92. The number of rotatable bonds is 11. The Labute approximate surface area is 231 Å². The van der Waals surface area contributed by atoms with Gasteiger partial charge in [-0.3, -0.25) is 13.9 Å². The van der Waals surface area contributed by atoms with E-state index in [1.807, 2.05) is 19.1 Å². The van der Waals surface area contributed by atoms with Gasteiger partial charge in [-0.15, -0.1) is 0 Å². The minimum atomic E-state index is -3.80. The highest BCUT2D eigenvalue weighted by Crippen LogP contribution is 2.27. The van der Waals surface area contributed by atoms with Crippen LogP contribution in [0.2, 0.25) is 10.0 Å². The average Bonchev–Trinajstić information content (AvgIpc) is 2.80. The van der Waals surface area contributed by atoms with Crippen molar-refractivity contribution in [3.05, 3.63) is 63.6 Å². The number of benzene rings is 2. The molecule has 2 aromatic rings. The number of hydrogen-bond donors (Lipinski definition) is 1. The lowest BCUT2D eigenvalue weighted by atomic mass is 9.87. The van der Waals surface area contributed by atoms with E-state index in [2.05, 4.69) is 26.1 Å². The van der Waals surface area contributed by atoms with E-state index < -0.39 is 28.5 Å². The Bertz CT molecular complexity index is 1200. The van der Waals surface area contributed by atoms with Crippen LogP contribution in [0.5, 0.6) is 0 Å². The Morgan fingerprint density at radius 1 is 1.05 bits per heavy atom. The van der Waals surface area contributed by atoms with Gasteiger partial charge in [-0.05, 0) is 54.2 Å². The quantitative estimate of drug-likeness (QED) is 0.367. The van der Waals surface area contributed by atoms with Crippen LogP contribution in [0.4, 0.5) is 5.69 Å². The zero-order valence-electron chi connectivity index (χ0n) is 22.3. The number of nitrogens with one attached hydrogen (secondary N) is 1. The highest BCUT2D eigenvalue weighted by Gasteiger charge is 2.30. The van der Waals surface area contributed by atoms with Gasteiger partial charge in [0, 0.05) is 23.1 Å². The molecule has 0 spiro atoms. The van der Waals surface area contributed by atoms with E-state index in [0.717, 1.165) is 29.0 Å². The summed E-state index contributed by atoms with van der Waals surface area (Å²) in [5.41, 5.74) is 1.88.